The molecule has 19 heavy (non-hydrogen) atoms. The van der Waals surface area contributed by atoms with Crippen LogP contribution >= 0.6 is 0 Å². The molecule has 2 atom stereocenters. The molecule has 1 saturated heterocycles. The lowest BCUT2D eigenvalue weighted by atomic mass is 10.2. The second-order valence-electron chi connectivity index (χ2n) is 5.03. The minimum atomic E-state index is -3.38. The third kappa shape index (κ3) is 4.39. The number of ether oxygens (including phenoxy) is 1. The molecule has 1 heterocycles. The molecule has 0 saturated carbocycles. The maximum atomic E-state index is 12.6. The second-order valence-corrected chi connectivity index (χ2v) is 6.96. The van der Waals surface area contributed by atoms with Gasteiger partial charge in [0.05, 0.1) is 12.7 Å². The van der Waals surface area contributed by atoms with Crippen LogP contribution in [-0.2, 0) is 14.9 Å². The Morgan fingerprint density at radius 3 is 2.42 bits per heavy atom. The molecule has 0 bridgehead atoms. The van der Waals surface area contributed by atoms with Crippen molar-refractivity contribution in [2.75, 3.05) is 32.8 Å². The minimum Gasteiger partial charge on any atom is -0.374 e. The van der Waals surface area contributed by atoms with Gasteiger partial charge < -0.3 is 10.5 Å². The van der Waals surface area contributed by atoms with E-state index in [-0.39, 0.29) is 12.1 Å². The summed E-state index contributed by atoms with van der Waals surface area (Å²) in [6.45, 7) is 8.13. The van der Waals surface area contributed by atoms with Crippen LogP contribution in [0.25, 0.3) is 0 Å². The fourth-order valence-corrected chi connectivity index (χ4v) is 3.98. The van der Waals surface area contributed by atoms with Crippen molar-refractivity contribution in [1.29, 1.82) is 0 Å². The highest BCUT2D eigenvalue weighted by molar-refractivity contribution is 7.86. The van der Waals surface area contributed by atoms with Crippen molar-refractivity contribution in [3.8, 4) is 0 Å². The zero-order valence-electron chi connectivity index (χ0n) is 12.2. The Hall–Kier alpha value is -0.210. The van der Waals surface area contributed by atoms with Gasteiger partial charge in [0.1, 0.15) is 0 Å². The maximum Gasteiger partial charge on any atom is 0.282 e. The van der Waals surface area contributed by atoms with Gasteiger partial charge in [-0.25, -0.2) is 0 Å². The van der Waals surface area contributed by atoms with E-state index in [0.29, 0.717) is 32.8 Å². The van der Waals surface area contributed by atoms with Crippen LogP contribution < -0.4 is 5.73 Å². The molecule has 0 aromatic carbocycles. The molecule has 114 valence electrons. The van der Waals surface area contributed by atoms with E-state index in [9.17, 15) is 8.42 Å². The van der Waals surface area contributed by atoms with Gasteiger partial charge in [-0.05, 0) is 19.8 Å². The van der Waals surface area contributed by atoms with E-state index in [1.165, 1.54) is 4.31 Å². The maximum absolute atomic E-state index is 12.6. The first-order valence-electron chi connectivity index (χ1n) is 7.05. The number of nitrogens with two attached hydrogens (primary N) is 1. The molecule has 0 radical (unpaired) electrons. The van der Waals surface area contributed by atoms with E-state index < -0.39 is 10.2 Å². The third-order valence-corrected chi connectivity index (χ3v) is 5.24. The molecule has 0 amide bonds. The summed E-state index contributed by atoms with van der Waals surface area (Å²) < 4.78 is 33.8. The summed E-state index contributed by atoms with van der Waals surface area (Å²) in [4.78, 5) is 0. The number of nitrogens with zero attached hydrogens (tertiary/aromatic N) is 2. The van der Waals surface area contributed by atoms with Crippen molar-refractivity contribution in [3.05, 3.63) is 0 Å². The van der Waals surface area contributed by atoms with E-state index in [2.05, 4.69) is 0 Å². The molecule has 1 rings (SSSR count). The van der Waals surface area contributed by atoms with Crippen LogP contribution in [-0.4, -0.2) is 62.0 Å². The smallest absolute Gasteiger partial charge is 0.282 e. The number of rotatable bonds is 7. The van der Waals surface area contributed by atoms with Gasteiger partial charge in [-0.1, -0.05) is 13.8 Å². The van der Waals surface area contributed by atoms with Crippen molar-refractivity contribution in [1.82, 2.24) is 8.61 Å². The van der Waals surface area contributed by atoms with Gasteiger partial charge in [-0.3, -0.25) is 0 Å². The van der Waals surface area contributed by atoms with Crippen molar-refractivity contribution >= 4 is 10.2 Å². The van der Waals surface area contributed by atoms with Crippen LogP contribution in [0.1, 0.15) is 33.6 Å². The van der Waals surface area contributed by atoms with Gasteiger partial charge in [0, 0.05) is 32.2 Å². The summed E-state index contributed by atoms with van der Waals surface area (Å²) >= 11 is 0. The quantitative estimate of drug-likeness (QED) is 0.737. The molecule has 1 fully saturated rings. The second kappa shape index (κ2) is 7.54. The zero-order chi connectivity index (χ0) is 14.5. The predicted molar refractivity (Wildman–Crippen MR) is 76.0 cm³/mol. The largest absolute Gasteiger partial charge is 0.374 e. The Labute approximate surface area is 117 Å². The van der Waals surface area contributed by atoms with E-state index in [0.717, 1.165) is 12.8 Å². The highest BCUT2D eigenvalue weighted by Crippen LogP contribution is 2.16. The summed E-state index contributed by atoms with van der Waals surface area (Å²) in [6, 6.07) is -0.163. The monoisotopic (exact) mass is 293 g/mol. The Kier molecular flexibility index (Phi) is 6.68. The topological polar surface area (TPSA) is 75.9 Å². The van der Waals surface area contributed by atoms with Crippen LogP contribution in [0.2, 0.25) is 0 Å². The lowest BCUT2D eigenvalue weighted by Crippen LogP contribution is -2.55. The van der Waals surface area contributed by atoms with E-state index in [4.69, 9.17) is 10.5 Å². The van der Waals surface area contributed by atoms with Crippen LogP contribution in [0.3, 0.4) is 0 Å². The standard InChI is InChI=1S/C12H27N3O3S/c1-4-6-14(7-5-2)19(16,17)15-8-9-18-12(10-15)11(3)13/h11-12H,4-10,13H2,1-3H3. The third-order valence-electron chi connectivity index (χ3n) is 3.24. The molecule has 2 unspecified atom stereocenters. The first-order valence-corrected chi connectivity index (χ1v) is 8.45. The fourth-order valence-electron chi connectivity index (χ4n) is 2.18. The summed E-state index contributed by atoms with van der Waals surface area (Å²) in [6.07, 6.45) is 1.43. The zero-order valence-corrected chi connectivity index (χ0v) is 13.0. The highest BCUT2D eigenvalue weighted by Gasteiger charge is 2.34. The van der Waals surface area contributed by atoms with Crippen LogP contribution in [0.5, 0.6) is 0 Å². The van der Waals surface area contributed by atoms with E-state index in [1.807, 2.05) is 20.8 Å². The van der Waals surface area contributed by atoms with Gasteiger partial charge in [0.25, 0.3) is 10.2 Å². The molecule has 0 spiro atoms. The molecule has 1 aliphatic heterocycles. The number of hydrogen-bond donors (Lipinski definition) is 1. The lowest BCUT2D eigenvalue weighted by molar-refractivity contribution is -0.0136. The predicted octanol–water partition coefficient (Wildman–Crippen LogP) is 0.401. The Balaban J connectivity index is 2.79. The van der Waals surface area contributed by atoms with Crippen molar-refractivity contribution in [3.63, 3.8) is 0 Å². The van der Waals surface area contributed by atoms with E-state index >= 15 is 0 Å². The molecule has 2 N–H and O–H groups in total. The van der Waals surface area contributed by atoms with Gasteiger partial charge in [-0.2, -0.15) is 17.0 Å². The van der Waals surface area contributed by atoms with Crippen LogP contribution in [0.4, 0.5) is 0 Å². The average molecular weight is 293 g/mol. The van der Waals surface area contributed by atoms with Gasteiger partial charge in [0.2, 0.25) is 0 Å². The van der Waals surface area contributed by atoms with Gasteiger partial charge in [-0.15, -0.1) is 0 Å². The minimum absolute atomic E-state index is 0.163. The van der Waals surface area contributed by atoms with Gasteiger partial charge >= 0.3 is 0 Å². The van der Waals surface area contributed by atoms with Crippen LogP contribution in [0.15, 0.2) is 0 Å². The van der Waals surface area contributed by atoms with Crippen LogP contribution in [0, 0.1) is 0 Å². The molecule has 0 aliphatic carbocycles. The normalized spacial score (nSPS) is 23.7. The van der Waals surface area contributed by atoms with E-state index in [1.54, 1.807) is 4.31 Å². The molecular weight excluding hydrogens is 266 g/mol. The molecule has 0 aromatic heterocycles. The summed E-state index contributed by atoms with van der Waals surface area (Å²) in [5.74, 6) is 0. The SMILES string of the molecule is CCCN(CCC)S(=O)(=O)N1CCOC(C(C)N)C1. The summed E-state index contributed by atoms with van der Waals surface area (Å²) in [5.41, 5.74) is 5.81. The summed E-state index contributed by atoms with van der Waals surface area (Å²) in [5, 5.41) is 0. The van der Waals surface area contributed by atoms with Gasteiger partial charge in [0.15, 0.2) is 0 Å². The first-order chi connectivity index (χ1) is 8.93. The first kappa shape index (κ1) is 16.8. The number of morpholine rings is 1. The molecule has 6 nitrogen and oxygen atoms in total. The van der Waals surface area contributed by atoms with Crippen molar-refractivity contribution in [2.24, 2.45) is 5.73 Å². The Morgan fingerprint density at radius 2 is 1.95 bits per heavy atom. The Bertz CT molecular complexity index is 353. The number of hydrogen-bond acceptors (Lipinski definition) is 4. The molecule has 7 heteroatoms. The fraction of sp³-hybridized carbons (Fsp3) is 1.00. The average Bonchev–Trinajstić information content (AvgIpc) is 2.38. The molecule has 1 aliphatic rings. The molecular formula is C12H27N3O3S. The Morgan fingerprint density at radius 1 is 1.37 bits per heavy atom. The highest BCUT2D eigenvalue weighted by atomic mass is 32.2. The lowest BCUT2D eigenvalue weighted by Gasteiger charge is -2.36. The van der Waals surface area contributed by atoms with Crippen molar-refractivity contribution < 1.29 is 13.2 Å². The van der Waals surface area contributed by atoms with Crippen molar-refractivity contribution in [2.45, 2.75) is 45.8 Å². The molecule has 0 aromatic rings. The summed E-state index contributed by atoms with van der Waals surface area (Å²) in [7, 11) is -3.38.